The van der Waals surface area contributed by atoms with Gasteiger partial charge in [0.05, 0.1) is 12.1 Å². The van der Waals surface area contributed by atoms with Crippen molar-refractivity contribution in [1.82, 2.24) is 10.3 Å². The summed E-state index contributed by atoms with van der Waals surface area (Å²) in [5.41, 5.74) is 9.47. The van der Waals surface area contributed by atoms with Crippen molar-refractivity contribution >= 4 is 16.8 Å². The number of H-pyrrole nitrogens is 1. The molecule has 5 N–H and O–H groups in total. The monoisotopic (exact) mass is 433 g/mol. The summed E-state index contributed by atoms with van der Waals surface area (Å²) < 4.78 is 0. The van der Waals surface area contributed by atoms with E-state index < -0.39 is 6.10 Å². The number of aromatic nitrogens is 1. The van der Waals surface area contributed by atoms with Crippen LogP contribution in [0.3, 0.4) is 0 Å². The van der Waals surface area contributed by atoms with Crippen molar-refractivity contribution in [3.05, 3.63) is 71.9 Å². The maximum absolute atomic E-state index is 12.9. The molecule has 5 heteroatoms. The first-order chi connectivity index (χ1) is 15.6. The van der Waals surface area contributed by atoms with Gasteiger partial charge in [0.25, 0.3) is 0 Å². The van der Waals surface area contributed by atoms with Gasteiger partial charge in [-0.3, -0.25) is 4.79 Å². The molecule has 5 nitrogen and oxygen atoms in total. The largest absolute Gasteiger partial charge is 0.391 e. The molecule has 1 heterocycles. The second kappa shape index (κ2) is 10.8. The smallest absolute Gasteiger partial charge is 0.220 e. The quantitative estimate of drug-likeness (QED) is 0.397. The van der Waals surface area contributed by atoms with Gasteiger partial charge in [-0.25, -0.2) is 0 Å². The van der Waals surface area contributed by atoms with Crippen LogP contribution in [0.1, 0.15) is 62.2 Å². The van der Waals surface area contributed by atoms with Crippen molar-refractivity contribution in [3.63, 3.8) is 0 Å². The summed E-state index contributed by atoms with van der Waals surface area (Å²) in [4.78, 5) is 16.4. The van der Waals surface area contributed by atoms with Crippen LogP contribution in [0.4, 0.5) is 0 Å². The molecule has 1 unspecified atom stereocenters. The molecule has 1 saturated carbocycles. The molecule has 1 amide bonds. The van der Waals surface area contributed by atoms with Crippen LogP contribution < -0.4 is 11.1 Å². The number of aliphatic hydroxyl groups excluding tert-OH is 1. The molecule has 1 aliphatic rings. The van der Waals surface area contributed by atoms with E-state index in [4.69, 9.17) is 5.73 Å². The van der Waals surface area contributed by atoms with Crippen molar-refractivity contribution in [2.45, 2.75) is 69.6 Å². The molecule has 3 atom stereocenters. The molecule has 3 aromatic rings. The highest BCUT2D eigenvalue weighted by Gasteiger charge is 2.28. The number of rotatable bonds is 9. The van der Waals surface area contributed by atoms with Gasteiger partial charge in [-0.1, -0.05) is 67.8 Å². The Bertz CT molecular complexity index is 961. The van der Waals surface area contributed by atoms with Gasteiger partial charge in [-0.15, -0.1) is 0 Å². The fraction of sp³-hybridized carbons (Fsp3) is 0.444. The summed E-state index contributed by atoms with van der Waals surface area (Å²) in [5.74, 6) is 0.413. The van der Waals surface area contributed by atoms with Crippen LogP contribution in [-0.4, -0.2) is 28.1 Å². The van der Waals surface area contributed by atoms with E-state index in [-0.39, 0.29) is 24.4 Å². The van der Waals surface area contributed by atoms with Crippen molar-refractivity contribution in [1.29, 1.82) is 0 Å². The molecular formula is C27H35N3O2. The van der Waals surface area contributed by atoms with Crippen LogP contribution >= 0.6 is 0 Å². The molecule has 2 aromatic carbocycles. The lowest BCUT2D eigenvalue weighted by Crippen LogP contribution is -2.39. The molecule has 1 aliphatic carbocycles. The number of amides is 1. The predicted octanol–water partition coefficient (Wildman–Crippen LogP) is 4.62. The van der Waals surface area contributed by atoms with Crippen LogP contribution in [0.25, 0.3) is 10.9 Å². The third kappa shape index (κ3) is 5.78. The van der Waals surface area contributed by atoms with E-state index >= 15 is 0 Å². The summed E-state index contributed by atoms with van der Waals surface area (Å²) in [6.45, 7) is 0. The molecule has 0 aliphatic heterocycles. The highest BCUT2D eigenvalue weighted by atomic mass is 16.3. The number of nitrogens with two attached hydrogens (primary N) is 1. The van der Waals surface area contributed by atoms with Crippen LogP contribution in [0.5, 0.6) is 0 Å². The Labute approximate surface area is 190 Å². The summed E-state index contributed by atoms with van der Waals surface area (Å²) in [5, 5.41) is 15.0. The molecule has 1 fully saturated rings. The van der Waals surface area contributed by atoms with E-state index in [9.17, 15) is 9.90 Å². The fourth-order valence-corrected chi connectivity index (χ4v) is 4.94. The molecule has 4 rings (SSSR count). The minimum absolute atomic E-state index is 0.0228. The normalized spacial score (nSPS) is 17.7. The molecule has 0 bridgehead atoms. The summed E-state index contributed by atoms with van der Waals surface area (Å²) in [6.07, 6.45) is 6.49. The number of benzene rings is 2. The Hall–Kier alpha value is -2.63. The SMILES string of the molecule is N[C@@H](Cc1ccccc1)[C@@H](O)CCC(=O)NC(c1cc2ccccc2[nH]1)C1CCCCC1. The van der Waals surface area contributed by atoms with E-state index in [1.807, 2.05) is 42.5 Å². The van der Waals surface area contributed by atoms with Crippen molar-refractivity contribution in [3.8, 4) is 0 Å². The van der Waals surface area contributed by atoms with E-state index in [2.05, 4.69) is 28.5 Å². The van der Waals surface area contributed by atoms with Gasteiger partial charge >= 0.3 is 0 Å². The second-order valence-corrected chi connectivity index (χ2v) is 9.21. The average molecular weight is 434 g/mol. The third-order valence-corrected chi connectivity index (χ3v) is 6.80. The predicted molar refractivity (Wildman–Crippen MR) is 129 cm³/mol. The van der Waals surface area contributed by atoms with E-state index in [0.717, 1.165) is 29.6 Å². The first-order valence-electron chi connectivity index (χ1n) is 11.9. The first-order valence-corrected chi connectivity index (χ1v) is 11.9. The summed E-state index contributed by atoms with van der Waals surface area (Å²) in [6, 6.07) is 19.9. The number of para-hydroxylation sites is 1. The number of carbonyl (C=O) groups is 1. The molecule has 0 saturated heterocycles. The highest BCUT2D eigenvalue weighted by Crippen LogP contribution is 2.35. The number of carbonyl (C=O) groups excluding carboxylic acids is 1. The summed E-state index contributed by atoms with van der Waals surface area (Å²) >= 11 is 0. The third-order valence-electron chi connectivity index (χ3n) is 6.80. The summed E-state index contributed by atoms with van der Waals surface area (Å²) in [7, 11) is 0. The molecule has 170 valence electrons. The van der Waals surface area contributed by atoms with Crippen LogP contribution in [0, 0.1) is 5.92 Å². The van der Waals surface area contributed by atoms with E-state index in [1.54, 1.807) is 0 Å². The van der Waals surface area contributed by atoms with Gasteiger partial charge in [0, 0.05) is 23.7 Å². The minimum Gasteiger partial charge on any atom is -0.391 e. The lowest BCUT2D eigenvalue weighted by Gasteiger charge is -2.30. The standard InChI is InChI=1S/C27H35N3O2/c28-22(17-19-9-3-1-4-10-19)25(31)15-16-26(32)30-27(20-11-5-2-6-12-20)24-18-21-13-7-8-14-23(21)29-24/h1,3-4,7-10,13-14,18,20,22,25,27,29,31H,2,5-6,11-12,15-17,28H2,(H,30,32)/t22-,25-,27?/m0/s1. The zero-order valence-electron chi connectivity index (χ0n) is 18.7. The Morgan fingerprint density at radius 2 is 1.78 bits per heavy atom. The lowest BCUT2D eigenvalue weighted by atomic mass is 9.82. The van der Waals surface area contributed by atoms with Gasteiger partial charge in [-0.2, -0.15) is 0 Å². The molecule has 1 aromatic heterocycles. The van der Waals surface area contributed by atoms with Crippen molar-refractivity contribution < 1.29 is 9.90 Å². The average Bonchev–Trinajstić information content (AvgIpc) is 3.26. The van der Waals surface area contributed by atoms with Gasteiger partial charge in [0.2, 0.25) is 5.91 Å². The number of nitrogens with one attached hydrogen (secondary N) is 2. The Balaban J connectivity index is 1.37. The lowest BCUT2D eigenvalue weighted by molar-refractivity contribution is -0.123. The molecule has 0 spiro atoms. The van der Waals surface area contributed by atoms with Gasteiger partial charge in [0.15, 0.2) is 0 Å². The van der Waals surface area contributed by atoms with Crippen LogP contribution in [0.15, 0.2) is 60.7 Å². The van der Waals surface area contributed by atoms with E-state index in [0.29, 0.717) is 18.8 Å². The van der Waals surface area contributed by atoms with Gasteiger partial charge < -0.3 is 21.1 Å². The van der Waals surface area contributed by atoms with Gasteiger partial charge in [0.1, 0.15) is 0 Å². The zero-order valence-corrected chi connectivity index (χ0v) is 18.7. The van der Waals surface area contributed by atoms with Gasteiger partial charge in [-0.05, 0) is 54.7 Å². The number of hydrogen-bond acceptors (Lipinski definition) is 3. The maximum Gasteiger partial charge on any atom is 0.220 e. The number of hydrogen-bond donors (Lipinski definition) is 4. The highest BCUT2D eigenvalue weighted by molar-refractivity contribution is 5.81. The van der Waals surface area contributed by atoms with Crippen molar-refractivity contribution in [2.75, 3.05) is 0 Å². The van der Waals surface area contributed by atoms with E-state index in [1.165, 1.54) is 24.6 Å². The topological polar surface area (TPSA) is 91.1 Å². The molecule has 0 radical (unpaired) electrons. The Kier molecular flexibility index (Phi) is 7.61. The number of aromatic amines is 1. The second-order valence-electron chi connectivity index (χ2n) is 9.21. The Morgan fingerprint density at radius 1 is 1.06 bits per heavy atom. The van der Waals surface area contributed by atoms with Crippen LogP contribution in [-0.2, 0) is 11.2 Å². The van der Waals surface area contributed by atoms with Crippen molar-refractivity contribution in [2.24, 2.45) is 11.7 Å². The fourth-order valence-electron chi connectivity index (χ4n) is 4.94. The number of fused-ring (bicyclic) bond motifs is 1. The molecule has 32 heavy (non-hydrogen) atoms. The first kappa shape index (κ1) is 22.6. The number of aliphatic hydroxyl groups is 1. The minimum atomic E-state index is -0.706. The molecular weight excluding hydrogens is 398 g/mol. The maximum atomic E-state index is 12.9. The zero-order chi connectivity index (χ0) is 22.3. The van der Waals surface area contributed by atoms with Crippen LogP contribution in [0.2, 0.25) is 0 Å². The Morgan fingerprint density at radius 3 is 2.53 bits per heavy atom.